The van der Waals surface area contributed by atoms with E-state index in [1.54, 1.807) is 0 Å². The maximum atomic E-state index is 11.6. The highest BCUT2D eigenvalue weighted by molar-refractivity contribution is 5.75. The van der Waals surface area contributed by atoms with Crippen LogP contribution in [0.2, 0.25) is 0 Å². The van der Waals surface area contributed by atoms with E-state index < -0.39 is 4.92 Å². The quantitative estimate of drug-likeness (QED) is 0.632. The number of amides is 1. The topological polar surface area (TPSA) is 90.1 Å². The van der Waals surface area contributed by atoms with Crippen LogP contribution in [0.1, 0.15) is 5.56 Å². The van der Waals surface area contributed by atoms with Crippen LogP contribution in [-0.4, -0.2) is 27.2 Å². The molecule has 1 aromatic heterocycles. The van der Waals surface area contributed by atoms with Crippen molar-refractivity contribution in [1.29, 1.82) is 0 Å². The van der Waals surface area contributed by atoms with Gasteiger partial charge in [-0.2, -0.15) is 4.68 Å². The summed E-state index contributed by atoms with van der Waals surface area (Å²) in [7, 11) is 0. The van der Waals surface area contributed by atoms with Crippen LogP contribution >= 0.6 is 0 Å². The van der Waals surface area contributed by atoms with Crippen LogP contribution in [0.4, 0.5) is 5.82 Å². The molecule has 1 aromatic carbocycles. The minimum atomic E-state index is -0.593. The number of nitrogens with one attached hydrogen (secondary N) is 1. The predicted molar refractivity (Wildman–Crippen MR) is 72.0 cm³/mol. The SMILES string of the molecule is O=C(Cn1ccc([N+](=O)[O-])n1)NCCc1ccccc1. The Morgan fingerprint density at radius 3 is 2.70 bits per heavy atom. The number of nitrogens with zero attached hydrogens (tertiary/aromatic N) is 3. The number of hydrogen-bond acceptors (Lipinski definition) is 4. The molecule has 0 atom stereocenters. The lowest BCUT2D eigenvalue weighted by Gasteiger charge is -2.04. The van der Waals surface area contributed by atoms with Crippen LogP contribution in [0.25, 0.3) is 0 Å². The Kier molecular flexibility index (Phi) is 4.43. The Hall–Kier alpha value is -2.70. The Labute approximate surface area is 115 Å². The average Bonchev–Trinajstić information content (AvgIpc) is 2.88. The highest BCUT2D eigenvalue weighted by Crippen LogP contribution is 2.04. The summed E-state index contributed by atoms with van der Waals surface area (Å²) in [6.45, 7) is 0.495. The molecule has 7 nitrogen and oxygen atoms in total. The van der Waals surface area contributed by atoms with Gasteiger partial charge < -0.3 is 15.4 Å². The van der Waals surface area contributed by atoms with E-state index in [0.717, 1.165) is 12.0 Å². The van der Waals surface area contributed by atoms with Crippen LogP contribution in [0.3, 0.4) is 0 Å². The molecule has 0 aliphatic rings. The first kappa shape index (κ1) is 13.7. The van der Waals surface area contributed by atoms with E-state index in [1.165, 1.54) is 16.9 Å². The van der Waals surface area contributed by atoms with Gasteiger partial charge in [0.05, 0.1) is 17.4 Å². The normalized spacial score (nSPS) is 10.2. The first-order valence-corrected chi connectivity index (χ1v) is 6.13. The lowest BCUT2D eigenvalue weighted by atomic mass is 10.1. The highest BCUT2D eigenvalue weighted by Gasteiger charge is 2.12. The van der Waals surface area contributed by atoms with Crippen LogP contribution in [0.5, 0.6) is 0 Å². The Morgan fingerprint density at radius 2 is 2.05 bits per heavy atom. The molecule has 2 rings (SSSR count). The predicted octanol–water partition coefficient (Wildman–Crippen LogP) is 1.15. The first-order chi connectivity index (χ1) is 9.65. The summed E-state index contributed by atoms with van der Waals surface area (Å²) in [5, 5.41) is 16.9. The maximum absolute atomic E-state index is 11.6. The molecule has 1 heterocycles. The van der Waals surface area contributed by atoms with Gasteiger partial charge in [0.25, 0.3) is 0 Å². The van der Waals surface area contributed by atoms with E-state index >= 15 is 0 Å². The third kappa shape index (κ3) is 3.91. The van der Waals surface area contributed by atoms with Crippen molar-refractivity contribution in [2.45, 2.75) is 13.0 Å². The minimum absolute atomic E-state index is 0.0252. The molecule has 20 heavy (non-hydrogen) atoms. The van der Waals surface area contributed by atoms with Crippen molar-refractivity contribution in [3.63, 3.8) is 0 Å². The van der Waals surface area contributed by atoms with Crippen LogP contribution in [0.15, 0.2) is 42.6 Å². The third-order valence-corrected chi connectivity index (χ3v) is 2.70. The van der Waals surface area contributed by atoms with Gasteiger partial charge in [0.1, 0.15) is 6.54 Å². The van der Waals surface area contributed by atoms with E-state index in [1.807, 2.05) is 30.3 Å². The minimum Gasteiger partial charge on any atom is -0.358 e. The van der Waals surface area contributed by atoms with Gasteiger partial charge >= 0.3 is 5.82 Å². The molecular formula is C13H14N4O3. The van der Waals surface area contributed by atoms with Gasteiger partial charge in [-0.05, 0) is 16.9 Å². The number of hydrogen-bond donors (Lipinski definition) is 1. The lowest BCUT2D eigenvalue weighted by Crippen LogP contribution is -2.29. The number of benzene rings is 1. The van der Waals surface area contributed by atoms with Crippen LogP contribution in [-0.2, 0) is 17.8 Å². The van der Waals surface area contributed by atoms with E-state index in [4.69, 9.17) is 0 Å². The van der Waals surface area contributed by atoms with E-state index in [0.29, 0.717) is 6.54 Å². The second-order valence-electron chi connectivity index (χ2n) is 4.21. The Bertz CT molecular complexity index is 595. The molecule has 0 aliphatic carbocycles. The molecule has 1 N–H and O–H groups in total. The summed E-state index contributed by atoms with van der Waals surface area (Å²) in [6, 6.07) is 11.1. The van der Waals surface area contributed by atoms with E-state index in [2.05, 4.69) is 10.4 Å². The number of carbonyl (C=O) groups excluding carboxylic acids is 1. The molecule has 7 heteroatoms. The van der Waals surface area contributed by atoms with Gasteiger partial charge in [0.2, 0.25) is 5.91 Å². The molecule has 1 amide bonds. The molecular weight excluding hydrogens is 260 g/mol. The van der Waals surface area contributed by atoms with E-state index in [-0.39, 0.29) is 18.3 Å². The zero-order valence-corrected chi connectivity index (χ0v) is 10.7. The lowest BCUT2D eigenvalue weighted by molar-refractivity contribution is -0.389. The van der Waals surface area contributed by atoms with Gasteiger partial charge in [-0.15, -0.1) is 0 Å². The molecule has 0 aliphatic heterocycles. The first-order valence-electron chi connectivity index (χ1n) is 6.13. The average molecular weight is 274 g/mol. The van der Waals surface area contributed by atoms with Crippen LogP contribution in [0, 0.1) is 10.1 Å². The fourth-order valence-electron chi connectivity index (χ4n) is 1.73. The molecule has 0 saturated carbocycles. The fourth-order valence-corrected chi connectivity index (χ4v) is 1.73. The van der Waals surface area contributed by atoms with Gasteiger partial charge in [0, 0.05) is 6.54 Å². The zero-order valence-electron chi connectivity index (χ0n) is 10.7. The molecule has 2 aromatic rings. The van der Waals surface area contributed by atoms with Crippen molar-refractivity contribution in [1.82, 2.24) is 15.1 Å². The summed E-state index contributed by atoms with van der Waals surface area (Å²) in [5.41, 5.74) is 1.14. The molecule has 104 valence electrons. The largest absolute Gasteiger partial charge is 0.389 e. The summed E-state index contributed by atoms with van der Waals surface area (Å²) in [5.74, 6) is -0.485. The number of aromatic nitrogens is 2. The number of rotatable bonds is 6. The zero-order chi connectivity index (χ0) is 14.4. The summed E-state index contributed by atoms with van der Waals surface area (Å²) >= 11 is 0. The summed E-state index contributed by atoms with van der Waals surface area (Å²) in [4.78, 5) is 21.5. The second kappa shape index (κ2) is 6.46. The molecule has 0 saturated heterocycles. The van der Waals surface area contributed by atoms with Crippen molar-refractivity contribution in [2.24, 2.45) is 0 Å². The Balaban J connectivity index is 1.76. The molecule has 0 fully saturated rings. The molecule has 0 spiro atoms. The van der Waals surface area contributed by atoms with Crippen molar-refractivity contribution in [2.75, 3.05) is 6.54 Å². The van der Waals surface area contributed by atoms with Crippen LogP contribution < -0.4 is 5.32 Å². The maximum Gasteiger partial charge on any atom is 0.389 e. The molecule has 0 radical (unpaired) electrons. The summed E-state index contributed by atoms with van der Waals surface area (Å²) < 4.78 is 1.25. The monoisotopic (exact) mass is 274 g/mol. The number of nitro groups is 1. The second-order valence-corrected chi connectivity index (χ2v) is 4.21. The molecule has 0 bridgehead atoms. The summed E-state index contributed by atoms with van der Waals surface area (Å²) in [6.07, 6.45) is 2.15. The third-order valence-electron chi connectivity index (χ3n) is 2.70. The molecule has 0 unspecified atom stereocenters. The smallest absolute Gasteiger partial charge is 0.358 e. The highest BCUT2D eigenvalue weighted by atomic mass is 16.6. The van der Waals surface area contributed by atoms with E-state index in [9.17, 15) is 14.9 Å². The van der Waals surface area contributed by atoms with Crippen molar-refractivity contribution in [3.05, 3.63) is 58.3 Å². The van der Waals surface area contributed by atoms with Crippen molar-refractivity contribution >= 4 is 11.7 Å². The van der Waals surface area contributed by atoms with Gasteiger partial charge in [0.15, 0.2) is 0 Å². The van der Waals surface area contributed by atoms with Crippen molar-refractivity contribution < 1.29 is 9.72 Å². The van der Waals surface area contributed by atoms with Gasteiger partial charge in [-0.1, -0.05) is 30.3 Å². The fraction of sp³-hybridized carbons (Fsp3) is 0.231. The standard InChI is InChI=1S/C13H14N4O3/c18-13(10-16-9-7-12(15-16)17(19)20)14-8-6-11-4-2-1-3-5-11/h1-5,7,9H,6,8,10H2,(H,14,18). The Morgan fingerprint density at radius 1 is 1.30 bits per heavy atom. The van der Waals surface area contributed by atoms with Crippen molar-refractivity contribution in [3.8, 4) is 0 Å². The number of carbonyl (C=O) groups is 1. The van der Waals surface area contributed by atoms with Gasteiger partial charge in [-0.3, -0.25) is 4.79 Å². The van der Waals surface area contributed by atoms with Gasteiger partial charge in [-0.25, -0.2) is 0 Å².